The van der Waals surface area contributed by atoms with E-state index in [1.165, 1.54) is 11.1 Å². The summed E-state index contributed by atoms with van der Waals surface area (Å²) in [6, 6.07) is 8.45. The van der Waals surface area contributed by atoms with Crippen LogP contribution in [0.4, 0.5) is 0 Å². The Morgan fingerprint density at radius 1 is 1.36 bits per heavy atom. The van der Waals surface area contributed by atoms with Gasteiger partial charge in [0.25, 0.3) is 0 Å². The molecule has 0 fully saturated rings. The number of rotatable bonds is 3. The highest BCUT2D eigenvalue weighted by molar-refractivity contribution is 5.59. The zero-order chi connectivity index (χ0) is 9.97. The molecule has 2 nitrogen and oxygen atoms in total. The zero-order valence-electron chi connectivity index (χ0n) is 8.36. The number of benzene rings is 1. The second kappa shape index (κ2) is 3.93. The lowest BCUT2D eigenvalue weighted by molar-refractivity contribution is -0.110. The molecule has 1 aliphatic carbocycles. The molecule has 1 N–H and O–H groups in total. The Labute approximate surface area is 84.3 Å². The Hall–Kier alpha value is -1.15. The number of carbonyl (C=O) groups excluding carboxylic acids is 1. The third-order valence-corrected chi connectivity index (χ3v) is 3.07. The fourth-order valence-corrected chi connectivity index (χ4v) is 2.26. The van der Waals surface area contributed by atoms with Crippen molar-refractivity contribution in [3.8, 4) is 0 Å². The van der Waals surface area contributed by atoms with Gasteiger partial charge in [-0.15, -0.1) is 0 Å². The average molecular weight is 189 g/mol. The Morgan fingerprint density at radius 3 is 2.36 bits per heavy atom. The number of fused-ring (bicyclic) bond motifs is 1. The first-order valence-electron chi connectivity index (χ1n) is 5.04. The maximum Gasteiger partial charge on any atom is 0.137 e. The van der Waals surface area contributed by atoms with E-state index in [1.807, 2.05) is 7.05 Å². The van der Waals surface area contributed by atoms with Gasteiger partial charge in [0.2, 0.25) is 0 Å². The Balaban J connectivity index is 2.14. The summed E-state index contributed by atoms with van der Waals surface area (Å²) in [6.07, 6.45) is 3.08. The van der Waals surface area contributed by atoms with Crippen molar-refractivity contribution < 1.29 is 4.79 Å². The van der Waals surface area contributed by atoms with E-state index in [0.717, 1.165) is 19.1 Å². The van der Waals surface area contributed by atoms with Crippen LogP contribution in [0.25, 0.3) is 0 Å². The van der Waals surface area contributed by atoms with Gasteiger partial charge in [0, 0.05) is 0 Å². The SMILES string of the molecule is CNC(C=O)C1Cc2ccccc2C1. The molecule has 0 spiro atoms. The van der Waals surface area contributed by atoms with Crippen molar-refractivity contribution >= 4 is 6.29 Å². The lowest BCUT2D eigenvalue weighted by Crippen LogP contribution is -2.35. The van der Waals surface area contributed by atoms with Gasteiger partial charge in [-0.1, -0.05) is 24.3 Å². The third kappa shape index (κ3) is 1.58. The summed E-state index contributed by atoms with van der Waals surface area (Å²) in [5, 5.41) is 3.06. The van der Waals surface area contributed by atoms with Crippen molar-refractivity contribution in [1.82, 2.24) is 5.32 Å². The van der Waals surface area contributed by atoms with Crippen LogP contribution in [-0.2, 0) is 17.6 Å². The molecule has 0 saturated carbocycles. The van der Waals surface area contributed by atoms with Gasteiger partial charge in [-0.05, 0) is 36.9 Å². The van der Waals surface area contributed by atoms with Crippen molar-refractivity contribution in [2.45, 2.75) is 18.9 Å². The summed E-state index contributed by atoms with van der Waals surface area (Å²) in [4.78, 5) is 10.8. The zero-order valence-corrected chi connectivity index (χ0v) is 8.36. The number of likely N-dealkylation sites (N-methyl/N-ethyl adjacent to an activating group) is 1. The normalized spacial score (nSPS) is 17.8. The van der Waals surface area contributed by atoms with Crippen molar-refractivity contribution in [2.75, 3.05) is 7.05 Å². The number of aldehydes is 1. The maximum atomic E-state index is 10.8. The van der Waals surface area contributed by atoms with Crippen LogP contribution in [0.1, 0.15) is 11.1 Å². The minimum Gasteiger partial charge on any atom is -0.311 e. The smallest absolute Gasteiger partial charge is 0.137 e. The minimum atomic E-state index is 0.00222. The minimum absolute atomic E-state index is 0.00222. The second-order valence-corrected chi connectivity index (χ2v) is 3.89. The molecule has 1 atom stereocenters. The quantitative estimate of drug-likeness (QED) is 0.724. The molecule has 1 aromatic carbocycles. The Bertz CT molecular complexity index is 310. The molecule has 1 aliphatic rings. The first kappa shape index (κ1) is 9.41. The van der Waals surface area contributed by atoms with E-state index in [1.54, 1.807) is 0 Å². The van der Waals surface area contributed by atoms with Gasteiger partial charge in [0.1, 0.15) is 6.29 Å². The molecule has 2 heteroatoms. The number of hydrogen-bond donors (Lipinski definition) is 1. The molecule has 2 rings (SSSR count). The van der Waals surface area contributed by atoms with Crippen LogP contribution in [0.2, 0.25) is 0 Å². The predicted octanol–water partition coefficient (Wildman–Crippen LogP) is 1.19. The van der Waals surface area contributed by atoms with Gasteiger partial charge < -0.3 is 10.1 Å². The van der Waals surface area contributed by atoms with E-state index in [4.69, 9.17) is 0 Å². The van der Waals surface area contributed by atoms with Crippen LogP contribution in [0.5, 0.6) is 0 Å². The number of nitrogens with one attached hydrogen (secondary N) is 1. The monoisotopic (exact) mass is 189 g/mol. The van der Waals surface area contributed by atoms with E-state index in [9.17, 15) is 4.79 Å². The molecule has 74 valence electrons. The van der Waals surface area contributed by atoms with E-state index >= 15 is 0 Å². The average Bonchev–Trinajstić information content (AvgIpc) is 2.63. The van der Waals surface area contributed by atoms with Gasteiger partial charge in [-0.3, -0.25) is 0 Å². The molecule has 0 heterocycles. The van der Waals surface area contributed by atoms with Crippen LogP contribution in [0.3, 0.4) is 0 Å². The predicted molar refractivity (Wildman–Crippen MR) is 56.3 cm³/mol. The summed E-state index contributed by atoms with van der Waals surface area (Å²) in [5.74, 6) is 0.440. The van der Waals surface area contributed by atoms with Crippen molar-refractivity contribution in [3.05, 3.63) is 35.4 Å². The van der Waals surface area contributed by atoms with Crippen LogP contribution >= 0.6 is 0 Å². The standard InChI is InChI=1S/C12H15NO/c1-13-12(8-14)11-6-9-4-2-3-5-10(9)7-11/h2-5,8,11-13H,6-7H2,1H3. The largest absolute Gasteiger partial charge is 0.311 e. The first-order chi connectivity index (χ1) is 6.85. The van der Waals surface area contributed by atoms with Gasteiger partial charge in [0.15, 0.2) is 0 Å². The van der Waals surface area contributed by atoms with Crippen LogP contribution in [-0.4, -0.2) is 19.4 Å². The molecular weight excluding hydrogens is 174 g/mol. The summed E-state index contributed by atoms with van der Waals surface area (Å²) in [7, 11) is 1.85. The van der Waals surface area contributed by atoms with Gasteiger partial charge >= 0.3 is 0 Å². The fraction of sp³-hybridized carbons (Fsp3) is 0.417. The van der Waals surface area contributed by atoms with Gasteiger partial charge in [-0.2, -0.15) is 0 Å². The number of carbonyl (C=O) groups is 1. The molecule has 0 saturated heterocycles. The van der Waals surface area contributed by atoms with Gasteiger partial charge in [0.05, 0.1) is 6.04 Å². The topological polar surface area (TPSA) is 29.1 Å². The lowest BCUT2D eigenvalue weighted by atomic mass is 9.98. The van der Waals surface area contributed by atoms with E-state index in [-0.39, 0.29) is 6.04 Å². The molecule has 0 aliphatic heterocycles. The van der Waals surface area contributed by atoms with Crippen LogP contribution in [0, 0.1) is 5.92 Å². The van der Waals surface area contributed by atoms with E-state index in [2.05, 4.69) is 29.6 Å². The summed E-state index contributed by atoms with van der Waals surface area (Å²) < 4.78 is 0. The summed E-state index contributed by atoms with van der Waals surface area (Å²) in [5.41, 5.74) is 2.80. The highest BCUT2D eigenvalue weighted by Crippen LogP contribution is 2.27. The summed E-state index contributed by atoms with van der Waals surface area (Å²) in [6.45, 7) is 0. The molecule has 0 radical (unpaired) electrons. The Kier molecular flexibility index (Phi) is 2.64. The Morgan fingerprint density at radius 2 is 1.93 bits per heavy atom. The molecule has 14 heavy (non-hydrogen) atoms. The molecule has 1 unspecified atom stereocenters. The van der Waals surface area contributed by atoms with E-state index in [0.29, 0.717) is 5.92 Å². The number of hydrogen-bond acceptors (Lipinski definition) is 2. The third-order valence-electron chi connectivity index (χ3n) is 3.07. The highest BCUT2D eigenvalue weighted by Gasteiger charge is 2.26. The highest BCUT2D eigenvalue weighted by atomic mass is 16.1. The fourth-order valence-electron chi connectivity index (χ4n) is 2.26. The van der Waals surface area contributed by atoms with Crippen molar-refractivity contribution in [1.29, 1.82) is 0 Å². The van der Waals surface area contributed by atoms with Crippen LogP contribution in [0.15, 0.2) is 24.3 Å². The lowest BCUT2D eigenvalue weighted by Gasteiger charge is -2.15. The van der Waals surface area contributed by atoms with Crippen LogP contribution < -0.4 is 5.32 Å². The van der Waals surface area contributed by atoms with Crippen molar-refractivity contribution in [2.24, 2.45) is 5.92 Å². The van der Waals surface area contributed by atoms with E-state index < -0.39 is 0 Å². The maximum absolute atomic E-state index is 10.8. The molecule has 0 bridgehead atoms. The van der Waals surface area contributed by atoms with Gasteiger partial charge in [-0.25, -0.2) is 0 Å². The first-order valence-corrected chi connectivity index (χ1v) is 5.04. The molecular formula is C12H15NO. The summed E-state index contributed by atoms with van der Waals surface area (Å²) >= 11 is 0. The molecule has 1 aromatic rings. The molecule has 0 amide bonds. The second-order valence-electron chi connectivity index (χ2n) is 3.89. The molecule has 0 aromatic heterocycles. The van der Waals surface area contributed by atoms with Crippen molar-refractivity contribution in [3.63, 3.8) is 0 Å².